The Bertz CT molecular complexity index is 858. The van der Waals surface area contributed by atoms with Gasteiger partial charge in [0, 0.05) is 19.3 Å². The van der Waals surface area contributed by atoms with Crippen molar-refractivity contribution in [2.45, 2.75) is 12.6 Å². The van der Waals surface area contributed by atoms with E-state index in [-0.39, 0.29) is 11.7 Å². The summed E-state index contributed by atoms with van der Waals surface area (Å²) in [5, 5.41) is 9.64. The summed E-state index contributed by atoms with van der Waals surface area (Å²) in [6.07, 6.45) is 1.66. The normalized spacial score (nSPS) is 18.3. The minimum absolute atomic E-state index is 0.0850. The van der Waals surface area contributed by atoms with Crippen molar-refractivity contribution in [3.8, 4) is 11.5 Å². The van der Waals surface area contributed by atoms with E-state index >= 15 is 0 Å². The van der Waals surface area contributed by atoms with Gasteiger partial charge in [0.2, 0.25) is 5.91 Å². The Morgan fingerprint density at radius 2 is 2.04 bits per heavy atom. The number of hydrogen-bond donors (Lipinski definition) is 2. The summed E-state index contributed by atoms with van der Waals surface area (Å²) >= 11 is 0. The summed E-state index contributed by atoms with van der Waals surface area (Å²) in [5.74, 6) is 1.05. The SMILES string of the molecule is O=C1NCCN(Cc2ccc(-c3ccn[nH]3)o2)[C@H]1c1ccc(F)cc1. The minimum Gasteiger partial charge on any atom is -0.458 e. The Morgan fingerprint density at radius 1 is 1.20 bits per heavy atom. The monoisotopic (exact) mass is 340 g/mol. The van der Waals surface area contributed by atoms with E-state index in [0.29, 0.717) is 25.4 Å². The summed E-state index contributed by atoms with van der Waals surface area (Å²) in [5.41, 5.74) is 1.57. The van der Waals surface area contributed by atoms with Crippen molar-refractivity contribution in [2.24, 2.45) is 0 Å². The van der Waals surface area contributed by atoms with Gasteiger partial charge < -0.3 is 9.73 Å². The largest absolute Gasteiger partial charge is 0.458 e. The number of carbonyl (C=O) groups is 1. The van der Waals surface area contributed by atoms with Crippen LogP contribution in [0, 0.1) is 5.82 Å². The third-order valence-corrected chi connectivity index (χ3v) is 4.28. The molecule has 1 atom stereocenters. The van der Waals surface area contributed by atoms with Crippen molar-refractivity contribution in [3.05, 3.63) is 65.8 Å². The number of piperazine rings is 1. The highest BCUT2D eigenvalue weighted by Gasteiger charge is 2.31. The van der Waals surface area contributed by atoms with Gasteiger partial charge in [0.25, 0.3) is 0 Å². The van der Waals surface area contributed by atoms with Crippen molar-refractivity contribution >= 4 is 5.91 Å². The first-order valence-corrected chi connectivity index (χ1v) is 8.06. The van der Waals surface area contributed by atoms with E-state index in [4.69, 9.17) is 4.42 Å². The lowest BCUT2D eigenvalue weighted by molar-refractivity contribution is -0.129. The maximum atomic E-state index is 13.2. The molecule has 1 aromatic carbocycles. The lowest BCUT2D eigenvalue weighted by Gasteiger charge is -2.34. The van der Waals surface area contributed by atoms with Crippen LogP contribution in [-0.4, -0.2) is 34.1 Å². The van der Waals surface area contributed by atoms with Gasteiger partial charge in [-0.3, -0.25) is 14.8 Å². The number of halogens is 1. The van der Waals surface area contributed by atoms with Gasteiger partial charge in [0.1, 0.15) is 23.3 Å². The number of hydrogen-bond acceptors (Lipinski definition) is 4. The van der Waals surface area contributed by atoms with Gasteiger partial charge in [0.05, 0.1) is 6.54 Å². The molecule has 1 fully saturated rings. The predicted octanol–water partition coefficient (Wildman–Crippen LogP) is 2.48. The van der Waals surface area contributed by atoms with Crippen LogP contribution in [0.25, 0.3) is 11.5 Å². The second kappa shape index (κ2) is 6.52. The van der Waals surface area contributed by atoms with Crippen LogP contribution in [0.3, 0.4) is 0 Å². The number of carbonyl (C=O) groups excluding carboxylic acids is 1. The van der Waals surface area contributed by atoms with Gasteiger partial charge in [-0.2, -0.15) is 5.10 Å². The fourth-order valence-electron chi connectivity index (χ4n) is 3.09. The van der Waals surface area contributed by atoms with Crippen molar-refractivity contribution in [1.82, 2.24) is 20.4 Å². The third kappa shape index (κ3) is 3.18. The van der Waals surface area contributed by atoms with Crippen LogP contribution in [-0.2, 0) is 11.3 Å². The molecule has 4 rings (SSSR count). The first-order valence-electron chi connectivity index (χ1n) is 8.06. The van der Waals surface area contributed by atoms with Crippen LogP contribution in [0.15, 0.2) is 53.1 Å². The van der Waals surface area contributed by atoms with Gasteiger partial charge in [-0.25, -0.2) is 4.39 Å². The lowest BCUT2D eigenvalue weighted by Crippen LogP contribution is -2.49. The molecule has 3 aromatic rings. The van der Waals surface area contributed by atoms with E-state index in [9.17, 15) is 9.18 Å². The molecule has 25 heavy (non-hydrogen) atoms. The molecular weight excluding hydrogens is 323 g/mol. The summed E-state index contributed by atoms with van der Waals surface area (Å²) in [6, 6.07) is 11.2. The van der Waals surface area contributed by atoms with E-state index in [1.165, 1.54) is 12.1 Å². The average Bonchev–Trinajstić information content (AvgIpc) is 3.28. The molecule has 0 spiro atoms. The van der Waals surface area contributed by atoms with Gasteiger partial charge in [-0.1, -0.05) is 12.1 Å². The maximum absolute atomic E-state index is 13.2. The average molecular weight is 340 g/mol. The molecule has 0 aliphatic carbocycles. The number of aromatic amines is 1. The molecule has 7 heteroatoms. The summed E-state index contributed by atoms with van der Waals surface area (Å²) in [4.78, 5) is 14.4. The molecule has 3 heterocycles. The first kappa shape index (κ1) is 15.6. The molecule has 0 saturated carbocycles. The fourth-order valence-corrected chi connectivity index (χ4v) is 3.09. The lowest BCUT2D eigenvalue weighted by atomic mass is 10.0. The first-order chi connectivity index (χ1) is 12.2. The third-order valence-electron chi connectivity index (χ3n) is 4.28. The molecule has 1 amide bonds. The number of H-pyrrole nitrogens is 1. The second-order valence-corrected chi connectivity index (χ2v) is 5.95. The van der Waals surface area contributed by atoms with Crippen LogP contribution in [0.2, 0.25) is 0 Å². The Hall–Kier alpha value is -2.93. The topological polar surface area (TPSA) is 74.2 Å². The van der Waals surface area contributed by atoms with E-state index in [1.54, 1.807) is 18.3 Å². The van der Waals surface area contributed by atoms with Crippen molar-refractivity contribution in [3.63, 3.8) is 0 Å². The maximum Gasteiger partial charge on any atom is 0.242 e. The number of aromatic nitrogens is 2. The number of amides is 1. The number of nitrogens with zero attached hydrogens (tertiary/aromatic N) is 2. The zero-order valence-electron chi connectivity index (χ0n) is 13.4. The highest BCUT2D eigenvalue weighted by molar-refractivity contribution is 5.83. The molecule has 2 aromatic heterocycles. The molecule has 1 aliphatic heterocycles. The Morgan fingerprint density at radius 3 is 2.80 bits per heavy atom. The number of furan rings is 1. The summed E-state index contributed by atoms with van der Waals surface area (Å²) in [7, 11) is 0. The van der Waals surface area contributed by atoms with Crippen LogP contribution in [0.5, 0.6) is 0 Å². The molecule has 2 N–H and O–H groups in total. The minimum atomic E-state index is -0.463. The van der Waals surface area contributed by atoms with Crippen LogP contribution >= 0.6 is 0 Å². The van der Waals surface area contributed by atoms with E-state index < -0.39 is 6.04 Å². The van der Waals surface area contributed by atoms with Crippen molar-refractivity contribution in [1.29, 1.82) is 0 Å². The Labute approximate surface area is 143 Å². The standard InChI is InChI=1S/C18H17FN4O2/c19-13-3-1-12(2-4-13)17-18(24)20-9-10-23(17)11-14-5-6-16(25-14)15-7-8-21-22-15/h1-8,17H,9-11H2,(H,20,24)(H,21,22)/t17-/m0/s1. The van der Waals surface area contributed by atoms with E-state index in [0.717, 1.165) is 17.0 Å². The quantitative estimate of drug-likeness (QED) is 0.765. The number of nitrogens with one attached hydrogen (secondary N) is 2. The molecule has 128 valence electrons. The molecular formula is C18H17FN4O2. The number of benzene rings is 1. The van der Waals surface area contributed by atoms with Crippen LogP contribution in [0.1, 0.15) is 17.4 Å². The molecule has 0 radical (unpaired) electrons. The van der Waals surface area contributed by atoms with Crippen molar-refractivity contribution in [2.75, 3.05) is 13.1 Å². The van der Waals surface area contributed by atoms with E-state index in [1.807, 2.05) is 23.1 Å². The van der Waals surface area contributed by atoms with Gasteiger partial charge >= 0.3 is 0 Å². The zero-order chi connectivity index (χ0) is 17.2. The molecule has 0 unspecified atom stereocenters. The molecule has 6 nitrogen and oxygen atoms in total. The molecule has 1 aliphatic rings. The highest BCUT2D eigenvalue weighted by atomic mass is 19.1. The number of rotatable bonds is 4. The second-order valence-electron chi connectivity index (χ2n) is 5.95. The van der Waals surface area contributed by atoms with Gasteiger partial charge in [-0.15, -0.1) is 0 Å². The molecule has 1 saturated heterocycles. The predicted molar refractivity (Wildman–Crippen MR) is 88.9 cm³/mol. The Kier molecular flexibility index (Phi) is 4.07. The fraction of sp³-hybridized carbons (Fsp3) is 0.222. The smallest absolute Gasteiger partial charge is 0.242 e. The van der Waals surface area contributed by atoms with Crippen molar-refractivity contribution < 1.29 is 13.6 Å². The molecule has 0 bridgehead atoms. The highest BCUT2D eigenvalue weighted by Crippen LogP contribution is 2.27. The summed E-state index contributed by atoms with van der Waals surface area (Å²) < 4.78 is 19.1. The van der Waals surface area contributed by atoms with Gasteiger partial charge in [0.15, 0.2) is 5.76 Å². The van der Waals surface area contributed by atoms with Crippen LogP contribution < -0.4 is 5.32 Å². The van der Waals surface area contributed by atoms with Crippen LogP contribution in [0.4, 0.5) is 4.39 Å². The summed E-state index contributed by atoms with van der Waals surface area (Å²) in [6.45, 7) is 1.75. The zero-order valence-corrected chi connectivity index (χ0v) is 13.4. The Balaban J connectivity index is 1.57. The van der Waals surface area contributed by atoms with Gasteiger partial charge in [-0.05, 0) is 35.9 Å². The van der Waals surface area contributed by atoms with E-state index in [2.05, 4.69) is 15.5 Å².